The van der Waals surface area contributed by atoms with Gasteiger partial charge < -0.3 is 4.90 Å². The first-order valence-electron chi connectivity index (χ1n) is 4.59. The maximum absolute atomic E-state index is 8.12. The van der Waals surface area contributed by atoms with Crippen LogP contribution >= 0.6 is 0 Å². The summed E-state index contributed by atoms with van der Waals surface area (Å²) in [5.41, 5.74) is 9.28. The molecule has 0 aliphatic heterocycles. The van der Waals surface area contributed by atoms with Gasteiger partial charge >= 0.3 is 0 Å². The van der Waals surface area contributed by atoms with Crippen molar-refractivity contribution in [3.63, 3.8) is 0 Å². The molecule has 0 aromatic carbocycles. The van der Waals surface area contributed by atoms with Crippen LogP contribution in [0.3, 0.4) is 0 Å². The molecule has 0 N–H and O–H groups in total. The molecular weight excluding hydrogens is 190 g/mol. The third-order valence-electron chi connectivity index (χ3n) is 1.79. The van der Waals surface area contributed by atoms with Crippen molar-refractivity contribution in [3.05, 3.63) is 52.8 Å². The SMILES string of the molecule is CN(/C=C/Cc1cccnc1)CN=[N+]=[N-]. The van der Waals surface area contributed by atoms with E-state index < -0.39 is 0 Å². The highest BCUT2D eigenvalue weighted by Gasteiger charge is 1.88. The molecular formula is C10H13N5. The van der Waals surface area contributed by atoms with E-state index in [0.29, 0.717) is 6.67 Å². The van der Waals surface area contributed by atoms with Crippen molar-refractivity contribution >= 4 is 0 Å². The van der Waals surface area contributed by atoms with Gasteiger partial charge in [0.2, 0.25) is 0 Å². The Morgan fingerprint density at radius 3 is 3.20 bits per heavy atom. The number of aromatic nitrogens is 1. The average molecular weight is 203 g/mol. The van der Waals surface area contributed by atoms with Crippen molar-refractivity contribution < 1.29 is 0 Å². The van der Waals surface area contributed by atoms with E-state index in [-0.39, 0.29) is 0 Å². The van der Waals surface area contributed by atoms with Gasteiger partial charge in [-0.1, -0.05) is 17.3 Å². The summed E-state index contributed by atoms with van der Waals surface area (Å²) in [6.45, 7) is 0.347. The number of azide groups is 1. The number of allylic oxidation sites excluding steroid dienone is 1. The van der Waals surface area contributed by atoms with Crippen LogP contribution in [0, 0.1) is 0 Å². The van der Waals surface area contributed by atoms with Gasteiger partial charge in [0, 0.05) is 24.4 Å². The molecule has 0 fully saturated rings. The molecule has 0 atom stereocenters. The highest BCUT2D eigenvalue weighted by atomic mass is 15.2. The molecule has 5 heteroatoms. The lowest BCUT2D eigenvalue weighted by Gasteiger charge is -2.08. The van der Waals surface area contributed by atoms with Crippen molar-refractivity contribution in [2.75, 3.05) is 13.7 Å². The third-order valence-corrected chi connectivity index (χ3v) is 1.79. The van der Waals surface area contributed by atoms with Crippen molar-refractivity contribution in [2.24, 2.45) is 5.11 Å². The molecule has 0 radical (unpaired) electrons. The fourth-order valence-corrected chi connectivity index (χ4v) is 1.06. The second-order valence-electron chi connectivity index (χ2n) is 3.08. The molecule has 0 saturated carbocycles. The van der Waals surface area contributed by atoms with E-state index in [1.807, 2.05) is 42.6 Å². The smallest absolute Gasteiger partial charge is 0.0958 e. The summed E-state index contributed by atoms with van der Waals surface area (Å²) < 4.78 is 0. The predicted molar refractivity (Wildman–Crippen MR) is 58.9 cm³/mol. The standard InChI is InChI=1S/C10H13N5/c1-15(9-13-14-11)7-3-5-10-4-2-6-12-8-10/h2-4,6-8H,5,9H2,1H3/b7-3+. The number of rotatable bonds is 5. The molecule has 0 aliphatic carbocycles. The minimum absolute atomic E-state index is 0.347. The topological polar surface area (TPSA) is 64.9 Å². The summed E-state index contributed by atoms with van der Waals surface area (Å²) >= 11 is 0. The van der Waals surface area contributed by atoms with Crippen molar-refractivity contribution in [1.82, 2.24) is 9.88 Å². The molecule has 1 rings (SSSR count). The Hall–Kier alpha value is -2.00. The van der Waals surface area contributed by atoms with Crippen LogP contribution in [0.1, 0.15) is 5.56 Å². The largest absolute Gasteiger partial charge is 0.375 e. The lowest BCUT2D eigenvalue weighted by atomic mass is 10.2. The van der Waals surface area contributed by atoms with Gasteiger partial charge in [-0.15, -0.1) is 0 Å². The first-order chi connectivity index (χ1) is 7.33. The van der Waals surface area contributed by atoms with Crippen LogP contribution in [-0.4, -0.2) is 23.6 Å². The van der Waals surface area contributed by atoms with Crippen LogP contribution in [0.2, 0.25) is 0 Å². The summed E-state index contributed by atoms with van der Waals surface area (Å²) in [6, 6.07) is 3.93. The monoisotopic (exact) mass is 203 g/mol. The van der Waals surface area contributed by atoms with Crippen LogP contribution in [0.4, 0.5) is 0 Å². The normalized spacial score (nSPS) is 9.93. The summed E-state index contributed by atoms with van der Waals surface area (Å²) in [5, 5.41) is 3.44. The molecule has 1 aromatic heterocycles. The number of hydrogen-bond acceptors (Lipinski definition) is 3. The first-order valence-corrected chi connectivity index (χ1v) is 4.59. The summed E-state index contributed by atoms with van der Waals surface area (Å²) in [4.78, 5) is 8.51. The lowest BCUT2D eigenvalue weighted by Crippen LogP contribution is -2.09. The molecule has 0 unspecified atom stereocenters. The van der Waals surface area contributed by atoms with Gasteiger partial charge in [-0.3, -0.25) is 4.98 Å². The zero-order valence-corrected chi connectivity index (χ0v) is 8.61. The van der Waals surface area contributed by atoms with E-state index in [1.165, 1.54) is 0 Å². The quantitative estimate of drug-likeness (QED) is 0.419. The Labute approximate surface area is 88.7 Å². The van der Waals surface area contributed by atoms with E-state index >= 15 is 0 Å². The highest BCUT2D eigenvalue weighted by molar-refractivity contribution is 5.12. The molecule has 5 nitrogen and oxygen atoms in total. The molecule has 1 heterocycles. The van der Waals surface area contributed by atoms with E-state index in [1.54, 1.807) is 6.20 Å². The van der Waals surface area contributed by atoms with E-state index in [0.717, 1.165) is 12.0 Å². The zero-order chi connectivity index (χ0) is 10.9. The third kappa shape index (κ3) is 4.69. The highest BCUT2D eigenvalue weighted by Crippen LogP contribution is 1.98. The average Bonchev–Trinajstić information content (AvgIpc) is 2.28. The Kier molecular flexibility index (Phi) is 4.77. The van der Waals surface area contributed by atoms with Gasteiger partial charge in [-0.25, -0.2) is 0 Å². The molecule has 0 bridgehead atoms. The maximum Gasteiger partial charge on any atom is 0.0958 e. The Bertz CT molecular complexity index is 353. The number of hydrogen-bond donors (Lipinski definition) is 0. The zero-order valence-electron chi connectivity index (χ0n) is 8.61. The molecule has 0 spiro atoms. The molecule has 0 aliphatic rings. The number of nitrogens with zero attached hydrogens (tertiary/aromatic N) is 5. The van der Waals surface area contributed by atoms with Crippen LogP contribution in [0.25, 0.3) is 10.4 Å². The lowest BCUT2D eigenvalue weighted by molar-refractivity contribution is 0.469. The molecule has 0 amide bonds. The fraction of sp³-hybridized carbons (Fsp3) is 0.300. The second-order valence-corrected chi connectivity index (χ2v) is 3.08. The minimum Gasteiger partial charge on any atom is -0.375 e. The van der Waals surface area contributed by atoms with Gasteiger partial charge in [0.15, 0.2) is 0 Å². The molecule has 78 valence electrons. The Balaban J connectivity index is 2.36. The second kappa shape index (κ2) is 6.45. The van der Waals surface area contributed by atoms with Crippen LogP contribution in [0.15, 0.2) is 41.9 Å². The van der Waals surface area contributed by atoms with Gasteiger partial charge in [0.1, 0.15) is 0 Å². The van der Waals surface area contributed by atoms with Crippen LogP contribution < -0.4 is 0 Å². The molecule has 1 aromatic rings. The number of pyridine rings is 1. The van der Waals surface area contributed by atoms with Crippen LogP contribution in [-0.2, 0) is 6.42 Å². The van der Waals surface area contributed by atoms with E-state index in [2.05, 4.69) is 15.0 Å². The van der Waals surface area contributed by atoms with Gasteiger partial charge in [0.05, 0.1) is 6.67 Å². The predicted octanol–water partition coefficient (Wildman–Crippen LogP) is 2.34. The maximum atomic E-state index is 8.12. The summed E-state index contributed by atoms with van der Waals surface area (Å²) in [5.74, 6) is 0. The van der Waals surface area contributed by atoms with Crippen molar-refractivity contribution in [1.29, 1.82) is 0 Å². The van der Waals surface area contributed by atoms with E-state index in [9.17, 15) is 0 Å². The summed E-state index contributed by atoms with van der Waals surface area (Å²) in [7, 11) is 1.86. The van der Waals surface area contributed by atoms with Crippen molar-refractivity contribution in [3.8, 4) is 0 Å². The minimum atomic E-state index is 0.347. The van der Waals surface area contributed by atoms with Gasteiger partial charge in [0.25, 0.3) is 0 Å². The fourth-order valence-electron chi connectivity index (χ4n) is 1.06. The summed E-state index contributed by atoms with van der Waals surface area (Å²) in [6.07, 6.45) is 8.30. The Morgan fingerprint density at radius 2 is 2.53 bits per heavy atom. The van der Waals surface area contributed by atoms with Gasteiger partial charge in [-0.05, 0) is 29.8 Å². The van der Waals surface area contributed by atoms with Gasteiger partial charge in [-0.2, -0.15) is 0 Å². The van der Waals surface area contributed by atoms with E-state index in [4.69, 9.17) is 5.53 Å². The van der Waals surface area contributed by atoms with Crippen molar-refractivity contribution in [2.45, 2.75) is 6.42 Å². The molecule has 0 saturated heterocycles. The van der Waals surface area contributed by atoms with Crippen LogP contribution in [0.5, 0.6) is 0 Å². The Morgan fingerprint density at radius 1 is 1.67 bits per heavy atom. The first kappa shape index (κ1) is 11.1. The molecule has 15 heavy (non-hydrogen) atoms.